The van der Waals surface area contributed by atoms with Gasteiger partial charge in [0.2, 0.25) is 0 Å². The maximum atomic E-state index is 5.79. The van der Waals surface area contributed by atoms with E-state index in [4.69, 9.17) is 4.74 Å². The van der Waals surface area contributed by atoms with Crippen molar-refractivity contribution < 1.29 is 4.74 Å². The Kier molecular flexibility index (Phi) is 5.86. The summed E-state index contributed by atoms with van der Waals surface area (Å²) in [7, 11) is 0. The Morgan fingerprint density at radius 1 is 1.25 bits per heavy atom. The summed E-state index contributed by atoms with van der Waals surface area (Å²) >= 11 is 0. The Balaban J connectivity index is 1.99. The van der Waals surface area contributed by atoms with Crippen molar-refractivity contribution in [1.29, 1.82) is 0 Å². The average molecular weight is 276 g/mol. The van der Waals surface area contributed by atoms with Crippen molar-refractivity contribution in [2.75, 3.05) is 26.2 Å². The van der Waals surface area contributed by atoms with Gasteiger partial charge in [-0.3, -0.25) is 4.90 Å². The summed E-state index contributed by atoms with van der Waals surface area (Å²) in [5.41, 5.74) is 1.38. The predicted molar refractivity (Wildman–Crippen MR) is 84.4 cm³/mol. The summed E-state index contributed by atoms with van der Waals surface area (Å²) < 4.78 is 5.79. The number of benzene rings is 1. The van der Waals surface area contributed by atoms with E-state index in [2.05, 4.69) is 55.3 Å². The Bertz CT molecular complexity index is 400. The van der Waals surface area contributed by atoms with Gasteiger partial charge in [0.05, 0.1) is 6.10 Å². The van der Waals surface area contributed by atoms with Crippen LogP contribution in [0, 0.1) is 0 Å². The number of ether oxygens (including phenoxy) is 1. The number of rotatable bonds is 6. The van der Waals surface area contributed by atoms with Crippen molar-refractivity contribution in [3.05, 3.63) is 29.8 Å². The second kappa shape index (κ2) is 7.65. The van der Waals surface area contributed by atoms with Crippen LogP contribution >= 0.6 is 0 Å². The van der Waals surface area contributed by atoms with Crippen molar-refractivity contribution in [2.45, 2.75) is 45.8 Å². The predicted octanol–water partition coefficient (Wildman–Crippen LogP) is 2.70. The largest absolute Gasteiger partial charge is 0.491 e. The molecule has 2 rings (SSSR count). The molecule has 0 aliphatic carbocycles. The number of piperazine rings is 1. The smallest absolute Gasteiger partial charge is 0.119 e. The van der Waals surface area contributed by atoms with Crippen molar-refractivity contribution in [1.82, 2.24) is 10.2 Å². The molecule has 3 nitrogen and oxygen atoms in total. The molecule has 0 bridgehead atoms. The van der Waals surface area contributed by atoms with E-state index in [1.54, 1.807) is 0 Å². The summed E-state index contributed by atoms with van der Waals surface area (Å²) in [6, 6.07) is 9.22. The first kappa shape index (κ1) is 15.3. The number of nitrogens with one attached hydrogen (secondary N) is 1. The van der Waals surface area contributed by atoms with Gasteiger partial charge in [-0.1, -0.05) is 19.1 Å². The fraction of sp³-hybridized carbons (Fsp3) is 0.647. The van der Waals surface area contributed by atoms with E-state index in [0.717, 1.165) is 25.3 Å². The van der Waals surface area contributed by atoms with Crippen molar-refractivity contribution in [3.8, 4) is 5.75 Å². The minimum Gasteiger partial charge on any atom is -0.491 e. The molecule has 20 heavy (non-hydrogen) atoms. The molecule has 112 valence electrons. The molecule has 1 aliphatic heterocycles. The highest BCUT2D eigenvalue weighted by molar-refractivity contribution is 5.29. The van der Waals surface area contributed by atoms with Gasteiger partial charge in [0.15, 0.2) is 0 Å². The zero-order valence-corrected chi connectivity index (χ0v) is 13.1. The van der Waals surface area contributed by atoms with Crippen LogP contribution in [0.2, 0.25) is 0 Å². The third-order valence-electron chi connectivity index (χ3n) is 3.88. The molecule has 1 N–H and O–H groups in total. The highest BCUT2D eigenvalue weighted by Crippen LogP contribution is 2.19. The lowest BCUT2D eigenvalue weighted by atomic mass is 10.0. The average Bonchev–Trinajstić information content (AvgIpc) is 2.45. The van der Waals surface area contributed by atoms with E-state index in [1.165, 1.54) is 25.1 Å². The van der Waals surface area contributed by atoms with Crippen LogP contribution in [0.5, 0.6) is 5.75 Å². The number of hydrogen-bond acceptors (Lipinski definition) is 3. The molecular weight excluding hydrogens is 248 g/mol. The zero-order valence-electron chi connectivity index (χ0n) is 13.1. The van der Waals surface area contributed by atoms with Gasteiger partial charge in [0.1, 0.15) is 5.75 Å². The molecule has 0 saturated carbocycles. The van der Waals surface area contributed by atoms with Gasteiger partial charge >= 0.3 is 0 Å². The molecule has 1 saturated heterocycles. The van der Waals surface area contributed by atoms with Gasteiger partial charge in [-0.2, -0.15) is 0 Å². The lowest BCUT2D eigenvalue weighted by molar-refractivity contribution is 0.167. The zero-order chi connectivity index (χ0) is 14.4. The van der Waals surface area contributed by atoms with Gasteiger partial charge in [0.25, 0.3) is 0 Å². The van der Waals surface area contributed by atoms with Gasteiger partial charge < -0.3 is 10.1 Å². The second-order valence-electron chi connectivity index (χ2n) is 5.87. The van der Waals surface area contributed by atoms with Crippen molar-refractivity contribution in [2.24, 2.45) is 0 Å². The molecule has 1 aromatic carbocycles. The fourth-order valence-corrected chi connectivity index (χ4v) is 2.87. The van der Waals surface area contributed by atoms with Crippen LogP contribution < -0.4 is 10.1 Å². The van der Waals surface area contributed by atoms with Crippen LogP contribution in [0.3, 0.4) is 0 Å². The standard InChI is InChI=1S/C17H28N2O/c1-4-16(19-10-8-18-9-11-19)12-15-6-5-7-17(13-15)20-14(2)3/h5-7,13-14,16,18H,4,8-12H2,1-3H3. The summed E-state index contributed by atoms with van der Waals surface area (Å²) in [5, 5.41) is 3.43. The molecule has 1 heterocycles. The molecule has 1 atom stereocenters. The molecular formula is C17H28N2O. The van der Waals surface area contributed by atoms with E-state index < -0.39 is 0 Å². The molecule has 0 radical (unpaired) electrons. The Morgan fingerprint density at radius 2 is 2.00 bits per heavy atom. The summed E-state index contributed by atoms with van der Waals surface area (Å²) in [6.07, 6.45) is 2.56. The van der Waals surface area contributed by atoms with E-state index in [9.17, 15) is 0 Å². The van der Waals surface area contributed by atoms with E-state index >= 15 is 0 Å². The second-order valence-corrected chi connectivity index (χ2v) is 5.87. The fourth-order valence-electron chi connectivity index (χ4n) is 2.87. The van der Waals surface area contributed by atoms with Crippen LogP contribution in [-0.2, 0) is 6.42 Å². The maximum Gasteiger partial charge on any atom is 0.119 e. The van der Waals surface area contributed by atoms with Gasteiger partial charge in [-0.05, 0) is 44.4 Å². The molecule has 1 unspecified atom stereocenters. The third kappa shape index (κ3) is 4.50. The monoisotopic (exact) mass is 276 g/mol. The SMILES string of the molecule is CCC(Cc1cccc(OC(C)C)c1)N1CCNCC1. The van der Waals surface area contributed by atoms with Crippen LogP contribution in [0.4, 0.5) is 0 Å². The van der Waals surface area contributed by atoms with E-state index in [-0.39, 0.29) is 6.10 Å². The highest BCUT2D eigenvalue weighted by Gasteiger charge is 2.19. The van der Waals surface area contributed by atoms with Crippen LogP contribution in [0.25, 0.3) is 0 Å². The lowest BCUT2D eigenvalue weighted by Crippen LogP contribution is -2.48. The normalized spacial score (nSPS) is 18.2. The first-order valence-corrected chi connectivity index (χ1v) is 7.89. The van der Waals surface area contributed by atoms with E-state index in [1.807, 2.05) is 0 Å². The third-order valence-corrected chi connectivity index (χ3v) is 3.88. The van der Waals surface area contributed by atoms with Crippen LogP contribution in [-0.4, -0.2) is 43.2 Å². The minimum absolute atomic E-state index is 0.236. The summed E-state index contributed by atoms with van der Waals surface area (Å²) in [5.74, 6) is 0.993. The molecule has 0 aromatic heterocycles. The van der Waals surface area contributed by atoms with Crippen molar-refractivity contribution >= 4 is 0 Å². The lowest BCUT2D eigenvalue weighted by Gasteiger charge is -2.34. The van der Waals surface area contributed by atoms with Crippen LogP contribution in [0.1, 0.15) is 32.8 Å². The summed E-state index contributed by atoms with van der Waals surface area (Å²) in [4.78, 5) is 2.62. The molecule has 3 heteroatoms. The Hall–Kier alpha value is -1.06. The first-order chi connectivity index (χ1) is 9.69. The molecule has 0 spiro atoms. The Morgan fingerprint density at radius 3 is 2.65 bits per heavy atom. The topological polar surface area (TPSA) is 24.5 Å². The number of hydrogen-bond donors (Lipinski definition) is 1. The highest BCUT2D eigenvalue weighted by atomic mass is 16.5. The molecule has 0 amide bonds. The first-order valence-electron chi connectivity index (χ1n) is 7.89. The van der Waals surface area contributed by atoms with Gasteiger partial charge in [-0.25, -0.2) is 0 Å². The molecule has 1 fully saturated rings. The van der Waals surface area contributed by atoms with E-state index in [0.29, 0.717) is 6.04 Å². The minimum atomic E-state index is 0.236. The molecule has 1 aromatic rings. The van der Waals surface area contributed by atoms with Crippen LogP contribution in [0.15, 0.2) is 24.3 Å². The van der Waals surface area contributed by atoms with Gasteiger partial charge in [-0.15, -0.1) is 0 Å². The molecule has 1 aliphatic rings. The van der Waals surface area contributed by atoms with Gasteiger partial charge in [0, 0.05) is 32.2 Å². The quantitative estimate of drug-likeness (QED) is 0.864. The summed E-state index contributed by atoms with van der Waals surface area (Å²) in [6.45, 7) is 11.0. The van der Waals surface area contributed by atoms with Crippen molar-refractivity contribution in [3.63, 3.8) is 0 Å². The Labute approximate surface area is 123 Å². The number of nitrogens with zero attached hydrogens (tertiary/aromatic N) is 1. The maximum absolute atomic E-state index is 5.79.